The fraction of sp³-hybridized carbons (Fsp3) is 0.143. The molecule has 0 spiro atoms. The SMILES string of the molecule is Cc1nn(-c2ccc(=O)[nH]n2)c2c1[C@@H](c1ccc(-c3ccc(F)cc3)o1)CC(=O)N2. The molecule has 0 fully saturated rings. The number of aromatic amines is 1. The predicted molar refractivity (Wildman–Crippen MR) is 106 cm³/mol. The van der Waals surface area contributed by atoms with E-state index in [-0.39, 0.29) is 29.6 Å². The Balaban J connectivity index is 1.58. The van der Waals surface area contributed by atoms with E-state index in [0.29, 0.717) is 28.9 Å². The third-order valence-electron chi connectivity index (χ3n) is 5.08. The van der Waals surface area contributed by atoms with Gasteiger partial charge in [0.1, 0.15) is 23.2 Å². The fourth-order valence-corrected chi connectivity index (χ4v) is 3.72. The van der Waals surface area contributed by atoms with Crippen LogP contribution in [0.1, 0.15) is 29.4 Å². The number of rotatable bonds is 3. The summed E-state index contributed by atoms with van der Waals surface area (Å²) in [6.07, 6.45) is 0.203. The molecule has 0 bridgehead atoms. The number of benzene rings is 1. The number of fused-ring (bicyclic) bond motifs is 1. The third kappa shape index (κ3) is 3.00. The average molecular weight is 405 g/mol. The summed E-state index contributed by atoms with van der Waals surface area (Å²) < 4.78 is 20.7. The normalized spacial score (nSPS) is 15.7. The van der Waals surface area contributed by atoms with Gasteiger partial charge in [0.05, 0.1) is 11.6 Å². The highest BCUT2D eigenvalue weighted by molar-refractivity contribution is 5.94. The van der Waals surface area contributed by atoms with Gasteiger partial charge in [-0.25, -0.2) is 9.49 Å². The molecule has 9 heteroatoms. The Morgan fingerprint density at radius 1 is 1.10 bits per heavy atom. The fourth-order valence-electron chi connectivity index (χ4n) is 3.72. The number of carbonyl (C=O) groups excluding carboxylic acids is 1. The van der Waals surface area contributed by atoms with E-state index in [1.807, 2.05) is 13.0 Å². The maximum absolute atomic E-state index is 13.2. The van der Waals surface area contributed by atoms with Gasteiger partial charge in [-0.2, -0.15) is 14.9 Å². The molecule has 1 aliphatic heterocycles. The summed E-state index contributed by atoms with van der Waals surface area (Å²) in [6.45, 7) is 1.84. The summed E-state index contributed by atoms with van der Waals surface area (Å²) in [6, 6.07) is 12.5. The maximum Gasteiger partial charge on any atom is 0.264 e. The number of hydrogen-bond acceptors (Lipinski definition) is 5. The Bertz CT molecular complexity index is 1300. The van der Waals surface area contributed by atoms with Gasteiger partial charge in [0.15, 0.2) is 5.82 Å². The number of aromatic nitrogens is 4. The number of nitrogens with one attached hydrogen (secondary N) is 2. The van der Waals surface area contributed by atoms with Gasteiger partial charge >= 0.3 is 0 Å². The predicted octanol–water partition coefficient (Wildman–Crippen LogP) is 3.14. The van der Waals surface area contributed by atoms with Crippen molar-refractivity contribution in [3.05, 3.63) is 81.7 Å². The lowest BCUT2D eigenvalue weighted by molar-refractivity contribution is -0.116. The number of H-pyrrole nitrogens is 1. The molecule has 30 heavy (non-hydrogen) atoms. The van der Waals surface area contributed by atoms with E-state index >= 15 is 0 Å². The minimum Gasteiger partial charge on any atom is -0.460 e. The Kier molecular flexibility index (Phi) is 4.09. The molecule has 150 valence electrons. The number of carbonyl (C=O) groups is 1. The largest absolute Gasteiger partial charge is 0.460 e. The molecule has 0 aliphatic carbocycles. The topological polar surface area (TPSA) is 106 Å². The van der Waals surface area contributed by atoms with Crippen molar-refractivity contribution < 1.29 is 13.6 Å². The number of aryl methyl sites for hydroxylation is 1. The maximum atomic E-state index is 13.2. The van der Waals surface area contributed by atoms with Gasteiger partial charge in [-0.15, -0.1) is 0 Å². The number of anilines is 1. The number of furan rings is 1. The van der Waals surface area contributed by atoms with E-state index in [0.717, 1.165) is 11.1 Å². The highest BCUT2D eigenvalue weighted by Gasteiger charge is 2.34. The Hall–Kier alpha value is -4.01. The molecule has 4 aromatic rings. The molecule has 1 atom stereocenters. The molecule has 1 amide bonds. The number of amides is 1. The summed E-state index contributed by atoms with van der Waals surface area (Å²) in [5.74, 6) is 1.24. The Morgan fingerprint density at radius 3 is 2.63 bits per heavy atom. The zero-order valence-electron chi connectivity index (χ0n) is 15.8. The standard InChI is InChI=1S/C21H16FN5O3/c1-11-20-14(16-7-6-15(30-16)12-2-4-13(22)5-3-12)10-19(29)23-21(20)27(26-11)17-8-9-18(28)25-24-17/h2-9,14H,10H2,1H3,(H,23,29)(H,25,28)/t14-/m1/s1. The highest BCUT2D eigenvalue weighted by Crippen LogP contribution is 2.41. The van der Waals surface area contributed by atoms with Crippen molar-refractivity contribution in [2.24, 2.45) is 0 Å². The van der Waals surface area contributed by atoms with Crippen LogP contribution in [0.5, 0.6) is 0 Å². The van der Waals surface area contributed by atoms with Gasteiger partial charge in [0, 0.05) is 23.6 Å². The van der Waals surface area contributed by atoms with Gasteiger partial charge in [-0.05, 0) is 49.4 Å². The van der Waals surface area contributed by atoms with Crippen molar-refractivity contribution in [2.75, 3.05) is 5.32 Å². The minimum atomic E-state index is -0.334. The first kappa shape index (κ1) is 18.0. The van der Waals surface area contributed by atoms with Crippen LogP contribution in [0.3, 0.4) is 0 Å². The lowest BCUT2D eigenvalue weighted by atomic mass is 9.90. The second-order valence-corrected chi connectivity index (χ2v) is 7.05. The molecular formula is C21H16FN5O3. The van der Waals surface area contributed by atoms with Crippen molar-refractivity contribution >= 4 is 11.7 Å². The van der Waals surface area contributed by atoms with Crippen LogP contribution >= 0.6 is 0 Å². The molecule has 1 aliphatic rings. The number of halogens is 1. The van der Waals surface area contributed by atoms with E-state index in [2.05, 4.69) is 20.6 Å². The lowest BCUT2D eigenvalue weighted by Crippen LogP contribution is -2.25. The first-order chi connectivity index (χ1) is 14.5. The van der Waals surface area contributed by atoms with Crippen LogP contribution in [-0.4, -0.2) is 25.9 Å². The smallest absolute Gasteiger partial charge is 0.264 e. The Labute approximate surface area is 169 Å². The summed E-state index contributed by atoms with van der Waals surface area (Å²) >= 11 is 0. The molecule has 0 unspecified atom stereocenters. The second-order valence-electron chi connectivity index (χ2n) is 7.05. The number of hydrogen-bond donors (Lipinski definition) is 2. The van der Waals surface area contributed by atoms with Crippen molar-refractivity contribution in [1.82, 2.24) is 20.0 Å². The zero-order chi connectivity index (χ0) is 20.8. The molecule has 1 aromatic carbocycles. The van der Waals surface area contributed by atoms with Gasteiger partial charge in [0.2, 0.25) is 5.91 Å². The molecular weight excluding hydrogens is 389 g/mol. The summed E-state index contributed by atoms with van der Waals surface area (Å²) in [4.78, 5) is 23.8. The highest BCUT2D eigenvalue weighted by atomic mass is 19.1. The van der Waals surface area contributed by atoms with E-state index in [1.54, 1.807) is 18.2 Å². The summed E-state index contributed by atoms with van der Waals surface area (Å²) in [5.41, 5.74) is 1.95. The monoisotopic (exact) mass is 405 g/mol. The molecule has 0 radical (unpaired) electrons. The average Bonchev–Trinajstić information content (AvgIpc) is 3.34. The van der Waals surface area contributed by atoms with Gasteiger partial charge in [-0.1, -0.05) is 0 Å². The second kappa shape index (κ2) is 6.80. The van der Waals surface area contributed by atoms with Crippen LogP contribution in [-0.2, 0) is 4.79 Å². The van der Waals surface area contributed by atoms with Crippen LogP contribution in [0.15, 0.2) is 57.7 Å². The first-order valence-electron chi connectivity index (χ1n) is 9.31. The third-order valence-corrected chi connectivity index (χ3v) is 5.08. The quantitative estimate of drug-likeness (QED) is 0.545. The van der Waals surface area contributed by atoms with Crippen molar-refractivity contribution in [3.8, 4) is 17.1 Å². The summed E-state index contributed by atoms with van der Waals surface area (Å²) in [5, 5.41) is 13.7. The van der Waals surface area contributed by atoms with Gasteiger partial charge in [0.25, 0.3) is 5.56 Å². The van der Waals surface area contributed by atoms with Crippen LogP contribution in [0.4, 0.5) is 10.2 Å². The van der Waals surface area contributed by atoms with Crippen LogP contribution in [0, 0.1) is 12.7 Å². The molecule has 3 aromatic heterocycles. The Morgan fingerprint density at radius 2 is 1.90 bits per heavy atom. The zero-order valence-corrected chi connectivity index (χ0v) is 15.8. The molecule has 5 rings (SSSR count). The van der Waals surface area contributed by atoms with E-state index in [9.17, 15) is 14.0 Å². The van der Waals surface area contributed by atoms with Gasteiger partial charge in [-0.3, -0.25) is 9.59 Å². The van der Waals surface area contributed by atoms with Gasteiger partial charge < -0.3 is 9.73 Å². The number of nitrogens with zero attached hydrogens (tertiary/aromatic N) is 3. The van der Waals surface area contributed by atoms with E-state index in [4.69, 9.17) is 4.42 Å². The van der Waals surface area contributed by atoms with E-state index < -0.39 is 0 Å². The van der Waals surface area contributed by atoms with Crippen molar-refractivity contribution in [1.29, 1.82) is 0 Å². The molecule has 4 heterocycles. The molecule has 0 saturated carbocycles. The lowest BCUT2D eigenvalue weighted by Gasteiger charge is -2.22. The first-order valence-corrected chi connectivity index (χ1v) is 9.31. The van der Waals surface area contributed by atoms with Crippen LogP contribution < -0.4 is 10.9 Å². The summed E-state index contributed by atoms with van der Waals surface area (Å²) in [7, 11) is 0. The van der Waals surface area contributed by atoms with Crippen molar-refractivity contribution in [2.45, 2.75) is 19.3 Å². The minimum absolute atomic E-state index is 0.183. The van der Waals surface area contributed by atoms with Crippen LogP contribution in [0.2, 0.25) is 0 Å². The molecule has 0 saturated heterocycles. The molecule has 2 N–H and O–H groups in total. The van der Waals surface area contributed by atoms with Crippen molar-refractivity contribution in [3.63, 3.8) is 0 Å². The van der Waals surface area contributed by atoms with Crippen LogP contribution in [0.25, 0.3) is 17.1 Å². The van der Waals surface area contributed by atoms with E-state index in [1.165, 1.54) is 28.9 Å². The molecule has 8 nitrogen and oxygen atoms in total.